The summed E-state index contributed by atoms with van der Waals surface area (Å²) in [6.07, 6.45) is 7.10. The standard InChI is InChI=1S/C25H24N4O2/c30-16-19-6-7-21-23(22(19)28-10-12-31-13-11-28)29(17-25(21)8-9-25)24-26-14-20(15-27-24)18-4-2-1-3-5-18/h1-7,14-16H,8-13,17H2. The predicted octanol–water partition coefficient (Wildman–Crippen LogP) is 3.98. The lowest BCUT2D eigenvalue weighted by atomic mass is 9.96. The van der Waals surface area contributed by atoms with Crippen LogP contribution in [-0.4, -0.2) is 49.1 Å². The van der Waals surface area contributed by atoms with Gasteiger partial charge in [-0.3, -0.25) is 4.79 Å². The zero-order valence-corrected chi connectivity index (χ0v) is 17.3. The molecule has 0 amide bonds. The molecular formula is C25H24N4O2. The van der Waals surface area contributed by atoms with Crippen molar-refractivity contribution in [1.82, 2.24) is 9.97 Å². The predicted molar refractivity (Wildman–Crippen MR) is 120 cm³/mol. The highest BCUT2D eigenvalue weighted by molar-refractivity contribution is 5.96. The Bertz CT molecular complexity index is 1120. The zero-order chi connectivity index (χ0) is 20.8. The number of carbonyl (C=O) groups is 1. The Labute approximate surface area is 181 Å². The molecule has 0 bridgehead atoms. The van der Waals surface area contributed by atoms with Gasteiger partial charge in [0.15, 0.2) is 6.29 Å². The molecule has 2 fully saturated rings. The van der Waals surface area contributed by atoms with Crippen LogP contribution in [-0.2, 0) is 10.2 Å². The number of fused-ring (bicyclic) bond motifs is 2. The summed E-state index contributed by atoms with van der Waals surface area (Å²) >= 11 is 0. The fourth-order valence-corrected chi connectivity index (χ4v) is 4.97. The second kappa shape index (κ2) is 7.17. The summed E-state index contributed by atoms with van der Waals surface area (Å²) in [4.78, 5) is 26.0. The number of morpholine rings is 1. The Balaban J connectivity index is 1.45. The van der Waals surface area contributed by atoms with Crippen LogP contribution in [0.15, 0.2) is 54.9 Å². The molecule has 3 aromatic rings. The number of benzene rings is 2. The maximum atomic E-state index is 12.0. The van der Waals surface area contributed by atoms with Crippen LogP contribution in [0.2, 0.25) is 0 Å². The van der Waals surface area contributed by atoms with E-state index in [9.17, 15) is 4.79 Å². The number of aromatic nitrogens is 2. The van der Waals surface area contributed by atoms with E-state index in [-0.39, 0.29) is 5.41 Å². The smallest absolute Gasteiger partial charge is 0.229 e. The molecule has 1 aliphatic carbocycles. The topological polar surface area (TPSA) is 58.6 Å². The SMILES string of the molecule is O=Cc1ccc2c(c1N1CCOCC1)N(c1ncc(-c3ccccc3)cn1)CC21CC1. The summed E-state index contributed by atoms with van der Waals surface area (Å²) in [5.41, 5.74) is 6.44. The first-order chi connectivity index (χ1) is 15.3. The molecule has 0 radical (unpaired) electrons. The molecule has 1 saturated heterocycles. The van der Waals surface area contributed by atoms with Crippen molar-refractivity contribution < 1.29 is 9.53 Å². The number of anilines is 3. The van der Waals surface area contributed by atoms with E-state index in [1.54, 1.807) is 0 Å². The third-order valence-electron chi connectivity index (χ3n) is 6.78. The van der Waals surface area contributed by atoms with Gasteiger partial charge in [-0.2, -0.15) is 0 Å². The van der Waals surface area contributed by atoms with Gasteiger partial charge < -0.3 is 14.5 Å². The van der Waals surface area contributed by atoms with Crippen molar-refractivity contribution in [3.05, 3.63) is 66.0 Å². The van der Waals surface area contributed by atoms with Gasteiger partial charge in [-0.05, 0) is 30.0 Å². The van der Waals surface area contributed by atoms with Gasteiger partial charge in [0.25, 0.3) is 0 Å². The molecule has 3 heterocycles. The summed E-state index contributed by atoms with van der Waals surface area (Å²) in [5.74, 6) is 0.697. The first kappa shape index (κ1) is 18.5. The molecule has 1 aromatic heterocycles. The average Bonchev–Trinajstić information content (AvgIpc) is 3.55. The Morgan fingerprint density at radius 1 is 0.903 bits per heavy atom. The molecule has 31 heavy (non-hydrogen) atoms. The third-order valence-corrected chi connectivity index (χ3v) is 6.78. The van der Waals surface area contributed by atoms with E-state index in [4.69, 9.17) is 14.7 Å². The molecule has 1 spiro atoms. The third kappa shape index (κ3) is 3.01. The summed E-state index contributed by atoms with van der Waals surface area (Å²) in [6, 6.07) is 14.3. The zero-order valence-electron chi connectivity index (χ0n) is 17.3. The maximum absolute atomic E-state index is 12.0. The fourth-order valence-electron chi connectivity index (χ4n) is 4.97. The number of rotatable bonds is 4. The highest BCUT2D eigenvalue weighted by atomic mass is 16.5. The van der Waals surface area contributed by atoms with Gasteiger partial charge in [0.2, 0.25) is 5.95 Å². The van der Waals surface area contributed by atoms with Crippen molar-refractivity contribution in [2.75, 3.05) is 42.6 Å². The quantitative estimate of drug-likeness (QED) is 0.604. The Morgan fingerprint density at radius 2 is 1.65 bits per heavy atom. The average molecular weight is 412 g/mol. The lowest BCUT2D eigenvalue weighted by molar-refractivity contribution is 0.111. The molecule has 6 rings (SSSR count). The number of hydrogen-bond donors (Lipinski definition) is 0. The monoisotopic (exact) mass is 412 g/mol. The van der Waals surface area contributed by atoms with Gasteiger partial charge in [0.1, 0.15) is 0 Å². The van der Waals surface area contributed by atoms with Crippen molar-refractivity contribution in [2.24, 2.45) is 0 Å². The van der Waals surface area contributed by atoms with Crippen molar-refractivity contribution in [1.29, 1.82) is 0 Å². The van der Waals surface area contributed by atoms with E-state index in [1.807, 2.05) is 36.7 Å². The summed E-state index contributed by atoms with van der Waals surface area (Å²) in [7, 11) is 0. The number of carbonyl (C=O) groups excluding carboxylic acids is 1. The van der Waals surface area contributed by atoms with Crippen LogP contribution in [0.25, 0.3) is 11.1 Å². The Morgan fingerprint density at radius 3 is 2.32 bits per heavy atom. The number of hydrogen-bond acceptors (Lipinski definition) is 6. The summed E-state index contributed by atoms with van der Waals surface area (Å²) < 4.78 is 5.57. The fraction of sp³-hybridized carbons (Fsp3) is 0.320. The van der Waals surface area contributed by atoms with Crippen LogP contribution < -0.4 is 9.80 Å². The molecule has 6 nitrogen and oxygen atoms in total. The van der Waals surface area contributed by atoms with Crippen LogP contribution in [0.4, 0.5) is 17.3 Å². The molecule has 0 atom stereocenters. The second-order valence-electron chi connectivity index (χ2n) is 8.62. The molecule has 156 valence electrons. The molecule has 3 aliphatic rings. The van der Waals surface area contributed by atoms with Gasteiger partial charge in [-0.1, -0.05) is 36.4 Å². The number of aldehydes is 1. The van der Waals surface area contributed by atoms with E-state index in [2.05, 4.69) is 28.0 Å². The molecule has 2 aliphatic heterocycles. The van der Waals surface area contributed by atoms with Crippen LogP contribution in [0.1, 0.15) is 28.8 Å². The van der Waals surface area contributed by atoms with Crippen LogP contribution in [0, 0.1) is 0 Å². The number of nitrogens with zero attached hydrogens (tertiary/aromatic N) is 4. The number of ether oxygens (including phenoxy) is 1. The molecule has 0 N–H and O–H groups in total. The minimum atomic E-state index is 0.166. The lowest BCUT2D eigenvalue weighted by Crippen LogP contribution is -2.37. The maximum Gasteiger partial charge on any atom is 0.229 e. The molecule has 2 aromatic carbocycles. The molecule has 1 saturated carbocycles. The molecule has 6 heteroatoms. The van der Waals surface area contributed by atoms with E-state index >= 15 is 0 Å². The van der Waals surface area contributed by atoms with Gasteiger partial charge in [-0.15, -0.1) is 0 Å². The van der Waals surface area contributed by atoms with Crippen LogP contribution >= 0.6 is 0 Å². The van der Waals surface area contributed by atoms with Gasteiger partial charge in [0.05, 0.1) is 24.6 Å². The van der Waals surface area contributed by atoms with E-state index in [1.165, 1.54) is 18.4 Å². The molecule has 0 unspecified atom stereocenters. The van der Waals surface area contributed by atoms with Crippen molar-refractivity contribution in [2.45, 2.75) is 18.3 Å². The van der Waals surface area contributed by atoms with Gasteiger partial charge >= 0.3 is 0 Å². The lowest BCUT2D eigenvalue weighted by Gasteiger charge is -2.33. The van der Waals surface area contributed by atoms with Gasteiger partial charge in [-0.25, -0.2) is 9.97 Å². The van der Waals surface area contributed by atoms with Gasteiger partial charge in [0, 0.05) is 48.6 Å². The Kier molecular flexibility index (Phi) is 4.28. The van der Waals surface area contributed by atoms with Crippen molar-refractivity contribution >= 4 is 23.6 Å². The summed E-state index contributed by atoms with van der Waals surface area (Å²) in [6.45, 7) is 3.79. The first-order valence-corrected chi connectivity index (χ1v) is 10.9. The first-order valence-electron chi connectivity index (χ1n) is 10.9. The van der Waals surface area contributed by atoms with Crippen molar-refractivity contribution in [3.8, 4) is 11.1 Å². The minimum absolute atomic E-state index is 0.166. The van der Waals surface area contributed by atoms with Crippen molar-refractivity contribution in [3.63, 3.8) is 0 Å². The van der Waals surface area contributed by atoms with Crippen LogP contribution in [0.3, 0.4) is 0 Å². The highest BCUT2D eigenvalue weighted by Gasteiger charge is 2.53. The normalized spacial score (nSPS) is 18.8. The highest BCUT2D eigenvalue weighted by Crippen LogP contribution is 2.60. The largest absolute Gasteiger partial charge is 0.378 e. The summed E-state index contributed by atoms with van der Waals surface area (Å²) in [5, 5.41) is 0. The van der Waals surface area contributed by atoms with Crippen LogP contribution in [0.5, 0.6) is 0 Å². The second-order valence-corrected chi connectivity index (χ2v) is 8.62. The van der Waals surface area contributed by atoms with E-state index < -0.39 is 0 Å². The van der Waals surface area contributed by atoms with E-state index in [0.717, 1.165) is 54.0 Å². The Hall–Kier alpha value is -3.25. The van der Waals surface area contributed by atoms with E-state index in [0.29, 0.717) is 19.2 Å². The molecular weight excluding hydrogens is 388 g/mol. The minimum Gasteiger partial charge on any atom is -0.378 e.